The molecule has 0 fully saturated rings. The fraction of sp³-hybridized carbons (Fsp3) is 0. The van der Waals surface area contributed by atoms with E-state index in [1.165, 1.54) is 6.07 Å². The van der Waals surface area contributed by atoms with Crippen LogP contribution in [0.5, 0.6) is 0 Å². The lowest BCUT2D eigenvalue weighted by molar-refractivity contribution is 1.28. The molecule has 3 aromatic rings. The Hall–Kier alpha value is -2.23. The lowest BCUT2D eigenvalue weighted by atomic mass is 10.2. The number of rotatable bonds is 0. The SMILES string of the molecule is O=c1ccc2cc3nccnc3cc2[nH]1. The lowest BCUT2D eigenvalue weighted by Crippen LogP contribution is -2.02. The summed E-state index contributed by atoms with van der Waals surface area (Å²) in [7, 11) is 0. The summed E-state index contributed by atoms with van der Waals surface area (Å²) in [4.78, 5) is 22.3. The molecule has 3 rings (SSSR count). The van der Waals surface area contributed by atoms with Crippen molar-refractivity contribution in [3.8, 4) is 0 Å². The molecule has 1 aromatic carbocycles. The number of nitrogens with zero attached hydrogens (tertiary/aromatic N) is 2. The number of fused-ring (bicyclic) bond motifs is 2. The molecule has 2 aromatic heterocycles. The maximum absolute atomic E-state index is 11.1. The van der Waals surface area contributed by atoms with Crippen molar-refractivity contribution in [3.05, 3.63) is 47.0 Å². The van der Waals surface area contributed by atoms with Gasteiger partial charge >= 0.3 is 0 Å². The standard InChI is InChI=1S/C11H7N3O/c15-11-2-1-7-5-9-10(6-8(7)14-11)13-4-3-12-9/h1-6H,(H,14,15). The first-order valence-electron chi connectivity index (χ1n) is 4.57. The van der Waals surface area contributed by atoms with E-state index in [9.17, 15) is 4.79 Å². The Morgan fingerprint density at radius 1 is 1.00 bits per heavy atom. The largest absolute Gasteiger partial charge is 0.322 e. The Kier molecular flexibility index (Phi) is 1.56. The van der Waals surface area contributed by atoms with Crippen LogP contribution < -0.4 is 5.56 Å². The van der Waals surface area contributed by atoms with Crippen molar-refractivity contribution in [2.45, 2.75) is 0 Å². The van der Waals surface area contributed by atoms with Gasteiger partial charge in [0.2, 0.25) is 5.56 Å². The average Bonchev–Trinajstić information content (AvgIpc) is 2.26. The van der Waals surface area contributed by atoms with Gasteiger partial charge in [-0.1, -0.05) is 0 Å². The smallest absolute Gasteiger partial charge is 0.248 e. The van der Waals surface area contributed by atoms with Crippen LogP contribution in [-0.4, -0.2) is 15.0 Å². The molecule has 0 aliphatic heterocycles. The van der Waals surface area contributed by atoms with E-state index in [0.717, 1.165) is 21.9 Å². The molecule has 0 aliphatic carbocycles. The minimum atomic E-state index is -0.106. The summed E-state index contributed by atoms with van der Waals surface area (Å²) < 4.78 is 0. The molecule has 0 aliphatic rings. The Morgan fingerprint density at radius 3 is 2.53 bits per heavy atom. The molecule has 4 heteroatoms. The number of pyridine rings is 1. The molecule has 2 heterocycles. The van der Waals surface area contributed by atoms with E-state index in [1.807, 2.05) is 12.1 Å². The predicted octanol–water partition coefficient (Wildman–Crippen LogP) is 1.47. The van der Waals surface area contributed by atoms with Crippen molar-refractivity contribution >= 4 is 21.9 Å². The minimum Gasteiger partial charge on any atom is -0.322 e. The Morgan fingerprint density at radius 2 is 1.73 bits per heavy atom. The van der Waals surface area contributed by atoms with Gasteiger partial charge in [0.25, 0.3) is 0 Å². The van der Waals surface area contributed by atoms with Gasteiger partial charge < -0.3 is 4.98 Å². The molecule has 0 spiro atoms. The molecule has 1 N–H and O–H groups in total. The predicted molar refractivity (Wildman–Crippen MR) is 57.7 cm³/mol. The van der Waals surface area contributed by atoms with Gasteiger partial charge in [-0.2, -0.15) is 0 Å². The fourth-order valence-electron chi connectivity index (χ4n) is 1.61. The highest BCUT2D eigenvalue weighted by Gasteiger charge is 1.99. The molecule has 0 unspecified atom stereocenters. The van der Waals surface area contributed by atoms with Gasteiger partial charge in [-0.15, -0.1) is 0 Å². The summed E-state index contributed by atoms with van der Waals surface area (Å²) in [6.45, 7) is 0. The lowest BCUT2D eigenvalue weighted by Gasteiger charge is -1.99. The number of nitrogens with one attached hydrogen (secondary N) is 1. The highest BCUT2D eigenvalue weighted by atomic mass is 16.1. The van der Waals surface area contributed by atoms with Crippen LogP contribution in [0.15, 0.2) is 41.5 Å². The van der Waals surface area contributed by atoms with E-state index in [-0.39, 0.29) is 5.56 Å². The van der Waals surface area contributed by atoms with Gasteiger partial charge in [-0.3, -0.25) is 14.8 Å². The van der Waals surface area contributed by atoms with E-state index in [1.54, 1.807) is 18.5 Å². The Labute approximate surface area is 84.6 Å². The molecule has 0 saturated carbocycles. The number of H-pyrrole nitrogens is 1. The van der Waals surface area contributed by atoms with Crippen molar-refractivity contribution < 1.29 is 0 Å². The molecular formula is C11H7N3O. The molecule has 0 saturated heterocycles. The molecule has 0 amide bonds. The topological polar surface area (TPSA) is 58.6 Å². The molecular weight excluding hydrogens is 190 g/mol. The quantitative estimate of drug-likeness (QED) is 0.555. The van der Waals surface area contributed by atoms with Gasteiger partial charge in [0.1, 0.15) is 0 Å². The first-order chi connectivity index (χ1) is 7.33. The normalized spacial score (nSPS) is 10.9. The summed E-state index contributed by atoms with van der Waals surface area (Å²) in [6, 6.07) is 7.03. The van der Waals surface area contributed by atoms with Gasteiger partial charge in [-0.25, -0.2) is 0 Å². The summed E-state index contributed by atoms with van der Waals surface area (Å²) in [5.74, 6) is 0. The van der Waals surface area contributed by atoms with Crippen molar-refractivity contribution in [3.63, 3.8) is 0 Å². The van der Waals surface area contributed by atoms with Crippen LogP contribution in [0.1, 0.15) is 0 Å². The third-order valence-corrected chi connectivity index (χ3v) is 2.31. The second-order valence-electron chi connectivity index (χ2n) is 3.31. The van der Waals surface area contributed by atoms with E-state index in [4.69, 9.17) is 0 Å². The van der Waals surface area contributed by atoms with Crippen molar-refractivity contribution in [1.82, 2.24) is 15.0 Å². The zero-order valence-electron chi connectivity index (χ0n) is 7.77. The molecule has 4 nitrogen and oxygen atoms in total. The van der Waals surface area contributed by atoms with E-state index in [2.05, 4.69) is 15.0 Å². The molecule has 0 bridgehead atoms. The highest BCUT2D eigenvalue weighted by molar-refractivity contribution is 5.92. The van der Waals surface area contributed by atoms with E-state index >= 15 is 0 Å². The molecule has 15 heavy (non-hydrogen) atoms. The zero-order valence-corrected chi connectivity index (χ0v) is 7.77. The van der Waals surface area contributed by atoms with Crippen molar-refractivity contribution in [1.29, 1.82) is 0 Å². The van der Waals surface area contributed by atoms with E-state index < -0.39 is 0 Å². The van der Waals surface area contributed by atoms with Gasteiger partial charge in [0, 0.05) is 23.8 Å². The second-order valence-corrected chi connectivity index (χ2v) is 3.31. The van der Waals surface area contributed by atoms with Gasteiger partial charge in [0.15, 0.2) is 0 Å². The molecule has 0 radical (unpaired) electrons. The van der Waals surface area contributed by atoms with Crippen LogP contribution in [-0.2, 0) is 0 Å². The van der Waals surface area contributed by atoms with Crippen LogP contribution in [0.3, 0.4) is 0 Å². The summed E-state index contributed by atoms with van der Waals surface area (Å²) in [5.41, 5.74) is 2.30. The summed E-state index contributed by atoms with van der Waals surface area (Å²) in [5, 5.41) is 0.961. The number of hydrogen-bond acceptors (Lipinski definition) is 3. The third-order valence-electron chi connectivity index (χ3n) is 2.31. The van der Waals surface area contributed by atoms with Crippen molar-refractivity contribution in [2.75, 3.05) is 0 Å². The molecule has 72 valence electrons. The van der Waals surface area contributed by atoms with Crippen LogP contribution in [0, 0.1) is 0 Å². The monoisotopic (exact) mass is 197 g/mol. The van der Waals surface area contributed by atoms with Gasteiger partial charge in [0.05, 0.1) is 16.6 Å². The fourth-order valence-corrected chi connectivity index (χ4v) is 1.61. The van der Waals surface area contributed by atoms with Crippen LogP contribution >= 0.6 is 0 Å². The first kappa shape index (κ1) is 8.11. The summed E-state index contributed by atoms with van der Waals surface area (Å²) >= 11 is 0. The minimum absolute atomic E-state index is 0.106. The Balaban J connectivity index is 2.53. The third kappa shape index (κ3) is 1.27. The van der Waals surface area contributed by atoms with Crippen LogP contribution in [0.25, 0.3) is 21.9 Å². The number of hydrogen-bond donors (Lipinski definition) is 1. The van der Waals surface area contributed by atoms with Gasteiger partial charge in [-0.05, 0) is 18.2 Å². The number of benzene rings is 1. The zero-order chi connectivity index (χ0) is 10.3. The highest BCUT2D eigenvalue weighted by Crippen LogP contribution is 2.16. The number of aromatic amines is 1. The second kappa shape index (κ2) is 2.88. The van der Waals surface area contributed by atoms with Crippen LogP contribution in [0.4, 0.5) is 0 Å². The number of aromatic nitrogens is 3. The maximum Gasteiger partial charge on any atom is 0.248 e. The maximum atomic E-state index is 11.1. The van der Waals surface area contributed by atoms with Crippen LogP contribution in [0.2, 0.25) is 0 Å². The first-order valence-corrected chi connectivity index (χ1v) is 4.57. The summed E-state index contributed by atoms with van der Waals surface area (Å²) in [6.07, 6.45) is 3.29. The van der Waals surface area contributed by atoms with Crippen molar-refractivity contribution in [2.24, 2.45) is 0 Å². The Bertz CT molecular complexity index is 703. The molecule has 0 atom stereocenters. The van der Waals surface area contributed by atoms with E-state index in [0.29, 0.717) is 0 Å². The average molecular weight is 197 g/mol.